The first-order chi connectivity index (χ1) is 11.5. The molecule has 1 heterocycles. The normalized spacial score (nSPS) is 19.5. The maximum Gasteiger partial charge on any atom is 0.269 e. The Morgan fingerprint density at radius 3 is 2.50 bits per heavy atom. The Bertz CT molecular complexity index is 773. The van der Waals surface area contributed by atoms with Crippen LogP contribution in [0, 0.1) is 10.1 Å². The number of hydrogen-bond donors (Lipinski definition) is 1. The molecular formula is C18H19N3O3. The molecular weight excluding hydrogens is 306 g/mol. The van der Waals surface area contributed by atoms with Gasteiger partial charge in [0.2, 0.25) is 5.91 Å². The number of carbonyl (C=O) groups excluding carboxylic acids is 1. The Labute approximate surface area is 140 Å². The first-order valence-corrected chi connectivity index (χ1v) is 7.87. The second kappa shape index (κ2) is 6.31. The standard InChI is InChI=1S/C18H19N3O3/c1-12-11-17(19-14-7-9-15(10-8-14)21(23)24)16-5-3-4-6-18(16)20(12)13(2)22/h3-10,12,17,19H,11H2,1-2H3. The molecule has 6 heteroatoms. The van der Waals surface area contributed by atoms with Gasteiger partial charge < -0.3 is 10.2 Å². The predicted octanol–water partition coefficient (Wildman–Crippen LogP) is 3.89. The third-order valence-electron chi connectivity index (χ3n) is 4.35. The summed E-state index contributed by atoms with van der Waals surface area (Å²) < 4.78 is 0. The number of nitro benzene ring substituents is 1. The maximum atomic E-state index is 12.0. The minimum Gasteiger partial charge on any atom is -0.378 e. The number of para-hydroxylation sites is 1. The van der Waals surface area contributed by atoms with Crippen molar-refractivity contribution in [3.05, 3.63) is 64.2 Å². The van der Waals surface area contributed by atoms with Crippen molar-refractivity contribution in [2.75, 3.05) is 10.2 Å². The average molecular weight is 325 g/mol. The summed E-state index contributed by atoms with van der Waals surface area (Å²) in [5, 5.41) is 14.2. The van der Waals surface area contributed by atoms with Gasteiger partial charge in [0.05, 0.1) is 11.0 Å². The van der Waals surface area contributed by atoms with Gasteiger partial charge >= 0.3 is 0 Å². The minimum atomic E-state index is -0.410. The summed E-state index contributed by atoms with van der Waals surface area (Å²) in [7, 11) is 0. The summed E-state index contributed by atoms with van der Waals surface area (Å²) >= 11 is 0. The molecule has 0 spiro atoms. The van der Waals surface area contributed by atoms with Crippen LogP contribution in [0.25, 0.3) is 0 Å². The summed E-state index contributed by atoms with van der Waals surface area (Å²) in [6.07, 6.45) is 0.771. The Hall–Kier alpha value is -2.89. The molecule has 0 aromatic heterocycles. The van der Waals surface area contributed by atoms with Gasteiger partial charge in [-0.15, -0.1) is 0 Å². The van der Waals surface area contributed by atoms with Crippen LogP contribution in [0.3, 0.4) is 0 Å². The van der Waals surface area contributed by atoms with E-state index in [0.29, 0.717) is 0 Å². The van der Waals surface area contributed by atoms with Gasteiger partial charge in [-0.2, -0.15) is 0 Å². The number of non-ortho nitro benzene ring substituents is 1. The summed E-state index contributed by atoms with van der Waals surface area (Å²) in [6, 6.07) is 14.4. The van der Waals surface area contributed by atoms with E-state index in [-0.39, 0.29) is 23.7 Å². The molecule has 24 heavy (non-hydrogen) atoms. The van der Waals surface area contributed by atoms with Crippen LogP contribution in [0.2, 0.25) is 0 Å². The van der Waals surface area contributed by atoms with Crippen LogP contribution in [-0.4, -0.2) is 16.9 Å². The van der Waals surface area contributed by atoms with Crippen molar-refractivity contribution in [3.8, 4) is 0 Å². The highest BCUT2D eigenvalue weighted by Crippen LogP contribution is 2.38. The number of hydrogen-bond acceptors (Lipinski definition) is 4. The highest BCUT2D eigenvalue weighted by molar-refractivity contribution is 5.93. The molecule has 0 radical (unpaired) electrons. The van der Waals surface area contributed by atoms with Crippen molar-refractivity contribution in [2.24, 2.45) is 0 Å². The van der Waals surface area contributed by atoms with Gasteiger partial charge in [0.25, 0.3) is 5.69 Å². The number of amides is 1. The van der Waals surface area contributed by atoms with Crippen molar-refractivity contribution in [3.63, 3.8) is 0 Å². The number of nitro groups is 1. The Kier molecular flexibility index (Phi) is 4.20. The lowest BCUT2D eigenvalue weighted by molar-refractivity contribution is -0.384. The van der Waals surface area contributed by atoms with Crippen LogP contribution in [0.1, 0.15) is 31.9 Å². The summed E-state index contributed by atoms with van der Waals surface area (Å²) in [4.78, 5) is 24.1. The van der Waals surface area contributed by atoms with E-state index < -0.39 is 4.92 Å². The van der Waals surface area contributed by atoms with Gasteiger partial charge in [-0.1, -0.05) is 18.2 Å². The molecule has 1 aliphatic rings. The lowest BCUT2D eigenvalue weighted by Crippen LogP contribution is -2.43. The summed E-state index contributed by atoms with van der Waals surface area (Å²) in [5.41, 5.74) is 2.87. The van der Waals surface area contributed by atoms with Crippen LogP contribution in [-0.2, 0) is 4.79 Å². The van der Waals surface area contributed by atoms with E-state index in [1.54, 1.807) is 19.1 Å². The van der Waals surface area contributed by atoms with E-state index in [4.69, 9.17) is 0 Å². The zero-order chi connectivity index (χ0) is 17.3. The fourth-order valence-electron chi connectivity index (χ4n) is 3.31. The van der Waals surface area contributed by atoms with E-state index in [2.05, 4.69) is 5.32 Å². The van der Waals surface area contributed by atoms with Crippen LogP contribution in [0.5, 0.6) is 0 Å². The number of benzene rings is 2. The highest BCUT2D eigenvalue weighted by Gasteiger charge is 2.31. The van der Waals surface area contributed by atoms with Crippen LogP contribution in [0.15, 0.2) is 48.5 Å². The monoisotopic (exact) mass is 325 g/mol. The third kappa shape index (κ3) is 2.95. The fourth-order valence-corrected chi connectivity index (χ4v) is 3.31. The molecule has 0 bridgehead atoms. The van der Waals surface area contributed by atoms with Gasteiger partial charge in [0.1, 0.15) is 0 Å². The Morgan fingerprint density at radius 1 is 1.21 bits per heavy atom. The zero-order valence-electron chi connectivity index (χ0n) is 13.6. The molecule has 2 atom stereocenters. The van der Waals surface area contributed by atoms with Crippen molar-refractivity contribution < 1.29 is 9.72 Å². The first-order valence-electron chi connectivity index (χ1n) is 7.87. The van der Waals surface area contributed by atoms with Crippen molar-refractivity contribution >= 4 is 23.0 Å². The number of nitrogens with zero attached hydrogens (tertiary/aromatic N) is 2. The van der Waals surface area contributed by atoms with E-state index >= 15 is 0 Å². The molecule has 6 nitrogen and oxygen atoms in total. The number of nitrogens with one attached hydrogen (secondary N) is 1. The van der Waals surface area contributed by atoms with Gasteiger partial charge in [-0.25, -0.2) is 0 Å². The van der Waals surface area contributed by atoms with Crippen molar-refractivity contribution in [1.29, 1.82) is 0 Å². The number of rotatable bonds is 3. The van der Waals surface area contributed by atoms with E-state index in [9.17, 15) is 14.9 Å². The summed E-state index contributed by atoms with van der Waals surface area (Å²) in [6.45, 7) is 3.61. The zero-order valence-corrected chi connectivity index (χ0v) is 13.6. The smallest absolute Gasteiger partial charge is 0.269 e. The van der Waals surface area contributed by atoms with Crippen LogP contribution in [0.4, 0.5) is 17.1 Å². The Morgan fingerprint density at radius 2 is 1.88 bits per heavy atom. The largest absolute Gasteiger partial charge is 0.378 e. The topological polar surface area (TPSA) is 75.5 Å². The molecule has 2 aromatic carbocycles. The van der Waals surface area contributed by atoms with Gasteiger partial charge in [0, 0.05) is 36.5 Å². The molecule has 1 aliphatic heterocycles. The molecule has 3 rings (SSSR count). The van der Waals surface area contributed by atoms with Crippen molar-refractivity contribution in [2.45, 2.75) is 32.4 Å². The second-order valence-corrected chi connectivity index (χ2v) is 6.03. The minimum absolute atomic E-state index is 0.0312. The molecule has 124 valence electrons. The van der Waals surface area contributed by atoms with Gasteiger partial charge in [0.15, 0.2) is 0 Å². The average Bonchev–Trinajstić information content (AvgIpc) is 2.55. The quantitative estimate of drug-likeness (QED) is 0.686. The van der Waals surface area contributed by atoms with E-state index in [1.165, 1.54) is 12.1 Å². The highest BCUT2D eigenvalue weighted by atomic mass is 16.6. The lowest BCUT2D eigenvalue weighted by atomic mass is 9.91. The molecule has 1 N–H and O–H groups in total. The number of anilines is 2. The van der Waals surface area contributed by atoms with E-state index in [0.717, 1.165) is 23.4 Å². The number of carbonyl (C=O) groups is 1. The Balaban J connectivity index is 1.90. The first kappa shape index (κ1) is 16.0. The summed E-state index contributed by atoms with van der Waals surface area (Å²) in [5.74, 6) is 0.0312. The molecule has 0 saturated heterocycles. The van der Waals surface area contributed by atoms with Gasteiger partial charge in [-0.3, -0.25) is 14.9 Å². The maximum absolute atomic E-state index is 12.0. The second-order valence-electron chi connectivity index (χ2n) is 6.03. The fraction of sp³-hybridized carbons (Fsp3) is 0.278. The lowest BCUT2D eigenvalue weighted by Gasteiger charge is -2.39. The molecule has 0 aliphatic carbocycles. The SMILES string of the molecule is CC(=O)N1c2ccccc2C(Nc2ccc([N+](=O)[O-])cc2)CC1C. The molecule has 0 fully saturated rings. The molecule has 0 saturated carbocycles. The van der Waals surface area contributed by atoms with E-state index in [1.807, 2.05) is 36.1 Å². The van der Waals surface area contributed by atoms with Crippen molar-refractivity contribution in [1.82, 2.24) is 0 Å². The third-order valence-corrected chi connectivity index (χ3v) is 4.35. The number of fused-ring (bicyclic) bond motifs is 1. The predicted molar refractivity (Wildman–Crippen MR) is 93.1 cm³/mol. The van der Waals surface area contributed by atoms with Crippen LogP contribution < -0.4 is 10.2 Å². The molecule has 2 unspecified atom stereocenters. The van der Waals surface area contributed by atoms with Gasteiger partial charge in [-0.05, 0) is 37.1 Å². The molecule has 1 amide bonds. The van der Waals surface area contributed by atoms with Crippen LogP contribution >= 0.6 is 0 Å². The molecule has 2 aromatic rings.